The van der Waals surface area contributed by atoms with Gasteiger partial charge < -0.3 is 10.4 Å². The second-order valence-electron chi connectivity index (χ2n) is 10.6. The molecule has 160 valence electrons. The van der Waals surface area contributed by atoms with Crippen LogP contribution in [0.1, 0.15) is 67.7 Å². The molecule has 5 aliphatic rings. The number of piperidine rings is 1. The molecular formula is C24H33N4O2+. The Kier molecular flexibility index (Phi) is 4.43. The Morgan fingerprint density at radius 2 is 1.80 bits per heavy atom. The molecule has 6 heteroatoms. The number of pyridine rings is 1. The molecule has 2 aromatic heterocycles. The lowest BCUT2D eigenvalue weighted by atomic mass is 9.53. The molecule has 6 nitrogen and oxygen atoms in total. The van der Waals surface area contributed by atoms with Crippen LogP contribution in [0.4, 0.5) is 0 Å². The third-order valence-electron chi connectivity index (χ3n) is 8.25. The van der Waals surface area contributed by atoms with Crippen molar-refractivity contribution in [3.05, 3.63) is 35.9 Å². The molecule has 1 saturated heterocycles. The number of aliphatic hydroxyl groups is 1. The number of carbonyl (C=O) groups is 1. The maximum absolute atomic E-state index is 13.5. The van der Waals surface area contributed by atoms with E-state index in [-0.39, 0.29) is 17.6 Å². The highest BCUT2D eigenvalue weighted by Crippen LogP contribution is 2.55. The first-order valence-corrected chi connectivity index (χ1v) is 11.8. The summed E-state index contributed by atoms with van der Waals surface area (Å²) in [5, 5.41) is 13.3. The Morgan fingerprint density at radius 3 is 2.47 bits per heavy atom. The fourth-order valence-electron chi connectivity index (χ4n) is 7.30. The molecule has 0 radical (unpaired) electrons. The normalized spacial score (nSPS) is 34.0. The third kappa shape index (κ3) is 3.25. The van der Waals surface area contributed by atoms with Crippen molar-refractivity contribution in [2.45, 2.75) is 69.6 Å². The molecule has 2 aromatic rings. The quantitative estimate of drug-likeness (QED) is 0.679. The van der Waals surface area contributed by atoms with Crippen LogP contribution in [0.25, 0.3) is 5.52 Å². The second-order valence-corrected chi connectivity index (χ2v) is 10.6. The average Bonchev–Trinajstić information content (AvgIpc) is 3.07. The van der Waals surface area contributed by atoms with E-state index < -0.39 is 0 Å². The number of fused-ring (bicyclic) bond motifs is 1. The highest BCUT2D eigenvalue weighted by molar-refractivity contribution is 5.90. The number of likely N-dealkylation sites (tertiary alicyclic amines) is 1. The fourth-order valence-corrected chi connectivity index (χ4v) is 7.30. The van der Waals surface area contributed by atoms with Crippen LogP contribution in [-0.4, -0.2) is 45.6 Å². The maximum atomic E-state index is 13.5. The summed E-state index contributed by atoms with van der Waals surface area (Å²) in [5.74, 6) is 3.13. The second kappa shape index (κ2) is 7.06. The largest absolute Gasteiger partial charge is 0.393 e. The van der Waals surface area contributed by atoms with Crippen LogP contribution in [-0.2, 0) is 6.54 Å². The molecule has 3 N–H and O–H groups in total. The number of imidazole rings is 1. The first kappa shape index (κ1) is 18.8. The number of aromatic nitrogens is 2. The van der Waals surface area contributed by atoms with E-state index in [2.05, 4.69) is 21.3 Å². The van der Waals surface area contributed by atoms with E-state index >= 15 is 0 Å². The van der Waals surface area contributed by atoms with Gasteiger partial charge in [-0.1, -0.05) is 6.07 Å². The predicted octanol–water partition coefficient (Wildman–Crippen LogP) is 2.41. The Morgan fingerprint density at radius 1 is 1.13 bits per heavy atom. The fraction of sp³-hybridized carbons (Fsp3) is 0.667. The summed E-state index contributed by atoms with van der Waals surface area (Å²) < 4.78 is 2.02. The molecular weight excluding hydrogens is 376 g/mol. The lowest BCUT2D eigenvalue weighted by molar-refractivity contribution is -0.514. The van der Waals surface area contributed by atoms with Gasteiger partial charge in [0.25, 0.3) is 0 Å². The molecule has 3 heterocycles. The molecule has 4 bridgehead atoms. The van der Waals surface area contributed by atoms with Crippen molar-refractivity contribution in [3.63, 3.8) is 0 Å². The van der Waals surface area contributed by atoms with Crippen molar-refractivity contribution in [1.82, 2.24) is 15.2 Å². The molecule has 1 aliphatic heterocycles. The average molecular weight is 410 g/mol. The van der Waals surface area contributed by atoms with Crippen LogP contribution in [0.5, 0.6) is 0 Å². The van der Waals surface area contributed by atoms with E-state index in [9.17, 15) is 9.90 Å². The Hall–Kier alpha value is -1.92. The number of rotatable bonds is 4. The summed E-state index contributed by atoms with van der Waals surface area (Å²) in [7, 11) is 0. The van der Waals surface area contributed by atoms with Gasteiger partial charge in [0.2, 0.25) is 0 Å². The number of aliphatic hydroxyl groups excluding tert-OH is 1. The molecule has 4 aliphatic carbocycles. The predicted molar refractivity (Wildman–Crippen MR) is 113 cm³/mol. The number of amides is 1. The Bertz CT molecular complexity index is 924. The van der Waals surface area contributed by atoms with Crippen molar-refractivity contribution in [2.75, 3.05) is 13.1 Å². The third-order valence-corrected chi connectivity index (χ3v) is 8.25. The van der Waals surface area contributed by atoms with E-state index in [1.54, 1.807) is 0 Å². The van der Waals surface area contributed by atoms with Crippen LogP contribution in [0.2, 0.25) is 0 Å². The Balaban J connectivity index is 1.26. The van der Waals surface area contributed by atoms with E-state index in [4.69, 9.17) is 0 Å². The Labute approximate surface area is 177 Å². The topological polar surface area (TPSA) is 72.5 Å². The van der Waals surface area contributed by atoms with Gasteiger partial charge in [0.15, 0.2) is 11.2 Å². The minimum atomic E-state index is -0.169. The summed E-state index contributed by atoms with van der Waals surface area (Å²) in [6.07, 6.45) is 11.1. The first-order chi connectivity index (χ1) is 14.6. The van der Waals surface area contributed by atoms with E-state index in [1.165, 1.54) is 19.3 Å². The molecule has 0 aromatic carbocycles. The van der Waals surface area contributed by atoms with Gasteiger partial charge in [0.1, 0.15) is 0 Å². The van der Waals surface area contributed by atoms with Gasteiger partial charge in [-0.2, -0.15) is 4.40 Å². The SMILES string of the molecule is O=C(NC12CC3CC(CC(C3)C1)C2)c1[nH]c(CN2CCC(O)CC2)c2cccc[n+]12. The highest BCUT2D eigenvalue weighted by atomic mass is 16.3. The molecule has 4 saturated carbocycles. The zero-order valence-corrected chi connectivity index (χ0v) is 17.6. The number of nitrogens with one attached hydrogen (secondary N) is 2. The molecule has 0 atom stereocenters. The summed E-state index contributed by atoms with van der Waals surface area (Å²) in [4.78, 5) is 19.3. The summed E-state index contributed by atoms with van der Waals surface area (Å²) >= 11 is 0. The molecule has 0 unspecified atom stereocenters. The molecule has 30 heavy (non-hydrogen) atoms. The van der Waals surface area contributed by atoms with E-state index in [1.807, 2.05) is 22.7 Å². The minimum Gasteiger partial charge on any atom is -0.393 e. The van der Waals surface area contributed by atoms with Crippen molar-refractivity contribution in [1.29, 1.82) is 0 Å². The molecule has 0 spiro atoms. The lowest BCUT2D eigenvalue weighted by Gasteiger charge is -2.56. The van der Waals surface area contributed by atoms with Crippen LogP contribution in [0, 0.1) is 17.8 Å². The zero-order chi connectivity index (χ0) is 20.3. The van der Waals surface area contributed by atoms with Crippen molar-refractivity contribution in [3.8, 4) is 0 Å². The van der Waals surface area contributed by atoms with Crippen molar-refractivity contribution >= 4 is 11.4 Å². The number of aromatic amines is 1. The molecule has 5 fully saturated rings. The number of H-pyrrole nitrogens is 1. The first-order valence-electron chi connectivity index (χ1n) is 11.8. The van der Waals surface area contributed by atoms with Crippen molar-refractivity contribution < 1.29 is 14.3 Å². The maximum Gasteiger partial charge on any atom is 0.351 e. The number of carbonyl (C=O) groups excluding carboxylic acids is 1. The summed E-state index contributed by atoms with van der Waals surface area (Å²) in [6, 6.07) is 6.11. The van der Waals surface area contributed by atoms with Crippen LogP contribution in [0.3, 0.4) is 0 Å². The van der Waals surface area contributed by atoms with Crippen LogP contribution < -0.4 is 9.72 Å². The van der Waals surface area contributed by atoms with E-state index in [0.29, 0.717) is 5.82 Å². The van der Waals surface area contributed by atoms with Crippen molar-refractivity contribution in [2.24, 2.45) is 17.8 Å². The van der Waals surface area contributed by atoms with Crippen LogP contribution >= 0.6 is 0 Å². The van der Waals surface area contributed by atoms with Gasteiger partial charge in [-0.3, -0.25) is 9.69 Å². The zero-order valence-electron chi connectivity index (χ0n) is 17.6. The van der Waals surface area contributed by atoms with Gasteiger partial charge in [-0.25, -0.2) is 4.98 Å². The minimum absolute atomic E-state index is 0.0157. The number of hydrogen-bond donors (Lipinski definition) is 3. The summed E-state index contributed by atoms with van der Waals surface area (Å²) in [5.41, 5.74) is 2.17. The smallest absolute Gasteiger partial charge is 0.351 e. The van der Waals surface area contributed by atoms with Crippen LogP contribution in [0.15, 0.2) is 24.4 Å². The number of hydrogen-bond acceptors (Lipinski definition) is 3. The van der Waals surface area contributed by atoms with Gasteiger partial charge in [-0.05, 0) is 81.3 Å². The van der Waals surface area contributed by atoms with Gasteiger partial charge in [-0.15, -0.1) is 0 Å². The summed E-state index contributed by atoms with van der Waals surface area (Å²) in [6.45, 7) is 2.58. The van der Waals surface area contributed by atoms with Gasteiger partial charge >= 0.3 is 11.7 Å². The highest BCUT2D eigenvalue weighted by Gasteiger charge is 2.52. The molecule has 7 rings (SSSR count). The van der Waals surface area contributed by atoms with Gasteiger partial charge in [0.05, 0.1) is 18.8 Å². The lowest BCUT2D eigenvalue weighted by Crippen LogP contribution is -2.60. The molecule has 1 amide bonds. The van der Waals surface area contributed by atoms with Gasteiger partial charge in [0, 0.05) is 18.6 Å². The standard InChI is InChI=1S/C24H32N4O2/c29-19-4-7-27(8-5-19)15-20-21-3-1-2-6-28(21)22(25-20)23(30)26-24-12-16-9-17(13-24)11-18(10-16)14-24/h1-3,6,16-19,29H,4-5,7-15H2,(H,26,30)/p+1. The number of nitrogens with zero attached hydrogens (tertiary/aromatic N) is 2. The van der Waals surface area contributed by atoms with E-state index in [0.717, 1.165) is 80.7 Å². The monoisotopic (exact) mass is 409 g/mol.